The Balaban J connectivity index is 1.39. The molecule has 7 heteroatoms. The minimum atomic E-state index is -0.384. The van der Waals surface area contributed by atoms with E-state index in [0.717, 1.165) is 17.1 Å². The highest BCUT2D eigenvalue weighted by Gasteiger charge is 2.23. The van der Waals surface area contributed by atoms with E-state index in [-0.39, 0.29) is 11.9 Å². The minimum Gasteiger partial charge on any atom is -0.427 e. The van der Waals surface area contributed by atoms with Gasteiger partial charge in [0.15, 0.2) is 0 Å². The molecular weight excluding hydrogens is 380 g/mol. The number of piperazine rings is 1. The van der Waals surface area contributed by atoms with Gasteiger partial charge >= 0.3 is 5.97 Å². The topological polar surface area (TPSA) is 75.6 Å². The maximum absolute atomic E-state index is 12.8. The first-order valence-electron chi connectivity index (χ1n) is 9.80. The average Bonchev–Trinajstić information content (AvgIpc) is 2.79. The Kier molecular flexibility index (Phi) is 5.70. The van der Waals surface area contributed by atoms with Crippen LogP contribution in [0.2, 0.25) is 0 Å². The van der Waals surface area contributed by atoms with Crippen molar-refractivity contribution in [2.24, 2.45) is 0 Å². The SMILES string of the molecule is CC(=O)Oc1ccc(C(=O)N2CCN(c3cc(-c4ccccc4)ncn3)CC2)cc1. The molecule has 4 rings (SSSR count). The molecule has 2 aromatic carbocycles. The summed E-state index contributed by atoms with van der Waals surface area (Å²) in [5, 5.41) is 0. The molecule has 1 fully saturated rings. The predicted molar refractivity (Wildman–Crippen MR) is 113 cm³/mol. The summed E-state index contributed by atoms with van der Waals surface area (Å²) < 4.78 is 5.02. The normalized spacial score (nSPS) is 13.8. The van der Waals surface area contributed by atoms with Crippen LogP contribution in [0, 0.1) is 0 Å². The lowest BCUT2D eigenvalue weighted by Gasteiger charge is -2.35. The van der Waals surface area contributed by atoms with Gasteiger partial charge in [-0.3, -0.25) is 9.59 Å². The Labute approximate surface area is 174 Å². The van der Waals surface area contributed by atoms with Crippen LogP contribution in [0.5, 0.6) is 5.75 Å². The molecule has 0 bridgehead atoms. The highest BCUT2D eigenvalue weighted by molar-refractivity contribution is 5.94. The van der Waals surface area contributed by atoms with E-state index in [0.29, 0.717) is 37.5 Å². The fourth-order valence-electron chi connectivity index (χ4n) is 3.44. The number of ether oxygens (including phenoxy) is 1. The van der Waals surface area contributed by atoms with Crippen molar-refractivity contribution in [2.45, 2.75) is 6.92 Å². The summed E-state index contributed by atoms with van der Waals surface area (Å²) >= 11 is 0. The molecule has 1 amide bonds. The summed E-state index contributed by atoms with van der Waals surface area (Å²) in [5.41, 5.74) is 2.51. The van der Waals surface area contributed by atoms with Gasteiger partial charge < -0.3 is 14.5 Å². The van der Waals surface area contributed by atoms with Gasteiger partial charge in [0.1, 0.15) is 17.9 Å². The zero-order valence-electron chi connectivity index (χ0n) is 16.7. The van der Waals surface area contributed by atoms with E-state index in [2.05, 4.69) is 14.9 Å². The standard InChI is InChI=1S/C23H22N4O3/c1-17(28)30-20-9-7-19(8-10-20)23(29)27-13-11-26(12-14-27)22-15-21(24-16-25-22)18-5-3-2-4-6-18/h2-10,15-16H,11-14H2,1H3. The molecule has 2 heterocycles. The molecule has 1 aliphatic rings. The van der Waals surface area contributed by atoms with E-state index in [1.54, 1.807) is 30.6 Å². The zero-order valence-corrected chi connectivity index (χ0v) is 16.7. The molecule has 0 radical (unpaired) electrons. The molecule has 0 aliphatic carbocycles. The van der Waals surface area contributed by atoms with Crippen LogP contribution < -0.4 is 9.64 Å². The van der Waals surface area contributed by atoms with Crippen molar-refractivity contribution in [2.75, 3.05) is 31.1 Å². The maximum Gasteiger partial charge on any atom is 0.308 e. The van der Waals surface area contributed by atoms with Gasteiger partial charge in [0.2, 0.25) is 0 Å². The highest BCUT2D eigenvalue weighted by Crippen LogP contribution is 2.22. The molecule has 1 saturated heterocycles. The monoisotopic (exact) mass is 402 g/mol. The fraction of sp³-hybridized carbons (Fsp3) is 0.217. The second-order valence-electron chi connectivity index (χ2n) is 7.02. The number of carbonyl (C=O) groups excluding carboxylic acids is 2. The number of amides is 1. The second kappa shape index (κ2) is 8.73. The van der Waals surface area contributed by atoms with E-state index in [9.17, 15) is 9.59 Å². The van der Waals surface area contributed by atoms with Crippen molar-refractivity contribution >= 4 is 17.7 Å². The van der Waals surface area contributed by atoms with Crippen molar-refractivity contribution in [3.05, 3.63) is 72.6 Å². The number of rotatable bonds is 4. The quantitative estimate of drug-likeness (QED) is 0.493. The number of aromatic nitrogens is 2. The van der Waals surface area contributed by atoms with Gasteiger partial charge in [-0.15, -0.1) is 0 Å². The van der Waals surface area contributed by atoms with Gasteiger partial charge in [-0.1, -0.05) is 30.3 Å². The first kappa shape index (κ1) is 19.6. The summed E-state index contributed by atoms with van der Waals surface area (Å²) in [6, 6.07) is 18.6. The van der Waals surface area contributed by atoms with E-state index in [1.807, 2.05) is 41.3 Å². The first-order chi connectivity index (χ1) is 14.6. The minimum absolute atomic E-state index is 0.0308. The number of carbonyl (C=O) groups is 2. The Morgan fingerprint density at radius 3 is 2.27 bits per heavy atom. The summed E-state index contributed by atoms with van der Waals surface area (Å²) in [4.78, 5) is 36.6. The summed E-state index contributed by atoms with van der Waals surface area (Å²) in [7, 11) is 0. The lowest BCUT2D eigenvalue weighted by atomic mass is 10.1. The van der Waals surface area contributed by atoms with E-state index < -0.39 is 0 Å². The van der Waals surface area contributed by atoms with Crippen LogP contribution in [-0.4, -0.2) is 52.9 Å². The number of benzene rings is 2. The molecule has 0 unspecified atom stereocenters. The lowest BCUT2D eigenvalue weighted by Crippen LogP contribution is -2.49. The van der Waals surface area contributed by atoms with Gasteiger partial charge in [0.05, 0.1) is 5.69 Å². The van der Waals surface area contributed by atoms with Crippen LogP contribution in [0.1, 0.15) is 17.3 Å². The number of nitrogens with zero attached hydrogens (tertiary/aromatic N) is 4. The summed E-state index contributed by atoms with van der Waals surface area (Å²) in [6.45, 7) is 3.95. The molecule has 0 saturated carbocycles. The van der Waals surface area contributed by atoms with Crippen molar-refractivity contribution in [3.63, 3.8) is 0 Å². The molecule has 3 aromatic rings. The molecule has 0 N–H and O–H groups in total. The molecule has 1 aliphatic heterocycles. The third kappa shape index (κ3) is 4.46. The molecular formula is C23H22N4O3. The van der Waals surface area contributed by atoms with Crippen molar-refractivity contribution in [1.29, 1.82) is 0 Å². The molecule has 30 heavy (non-hydrogen) atoms. The highest BCUT2D eigenvalue weighted by atomic mass is 16.5. The van der Waals surface area contributed by atoms with Gasteiger partial charge in [-0.2, -0.15) is 0 Å². The van der Waals surface area contributed by atoms with Crippen LogP contribution in [0.15, 0.2) is 67.0 Å². The first-order valence-corrected chi connectivity index (χ1v) is 9.80. The fourth-order valence-corrected chi connectivity index (χ4v) is 3.44. The summed E-state index contributed by atoms with van der Waals surface area (Å²) in [6.07, 6.45) is 1.58. The number of anilines is 1. The Morgan fingerprint density at radius 2 is 1.60 bits per heavy atom. The molecule has 0 atom stereocenters. The Hall–Kier alpha value is -3.74. The van der Waals surface area contributed by atoms with Crippen molar-refractivity contribution in [1.82, 2.24) is 14.9 Å². The molecule has 1 aromatic heterocycles. The van der Waals surface area contributed by atoms with Crippen molar-refractivity contribution in [3.8, 4) is 17.0 Å². The van der Waals surface area contributed by atoms with Crippen molar-refractivity contribution < 1.29 is 14.3 Å². The lowest BCUT2D eigenvalue weighted by molar-refractivity contribution is -0.131. The molecule has 152 valence electrons. The van der Waals surface area contributed by atoms with E-state index >= 15 is 0 Å². The number of hydrogen-bond donors (Lipinski definition) is 0. The van der Waals surface area contributed by atoms with Gasteiger partial charge in [0, 0.05) is 50.3 Å². The largest absolute Gasteiger partial charge is 0.427 e. The maximum atomic E-state index is 12.8. The smallest absolute Gasteiger partial charge is 0.308 e. The van der Waals surface area contributed by atoms with E-state index in [4.69, 9.17) is 4.74 Å². The van der Waals surface area contributed by atoms with Crippen LogP contribution >= 0.6 is 0 Å². The number of esters is 1. The Bertz CT molecular complexity index is 1030. The molecule has 0 spiro atoms. The molecule has 7 nitrogen and oxygen atoms in total. The van der Waals surface area contributed by atoms with Crippen LogP contribution in [0.4, 0.5) is 5.82 Å². The average molecular weight is 402 g/mol. The second-order valence-corrected chi connectivity index (χ2v) is 7.02. The zero-order chi connectivity index (χ0) is 20.9. The van der Waals surface area contributed by atoms with Crippen LogP contribution in [0.3, 0.4) is 0 Å². The summed E-state index contributed by atoms with van der Waals surface area (Å²) in [5.74, 6) is 0.880. The van der Waals surface area contributed by atoms with Gasteiger partial charge in [0.25, 0.3) is 5.91 Å². The van der Waals surface area contributed by atoms with Crippen LogP contribution in [0.25, 0.3) is 11.3 Å². The number of hydrogen-bond acceptors (Lipinski definition) is 6. The Morgan fingerprint density at radius 1 is 0.900 bits per heavy atom. The third-order valence-electron chi connectivity index (χ3n) is 4.98. The van der Waals surface area contributed by atoms with Gasteiger partial charge in [-0.05, 0) is 24.3 Å². The predicted octanol–water partition coefficient (Wildman–Crippen LogP) is 3.03. The van der Waals surface area contributed by atoms with E-state index in [1.165, 1.54) is 6.92 Å². The van der Waals surface area contributed by atoms with Gasteiger partial charge in [-0.25, -0.2) is 9.97 Å². The van der Waals surface area contributed by atoms with Crippen LogP contribution in [-0.2, 0) is 4.79 Å². The third-order valence-corrected chi connectivity index (χ3v) is 4.98.